The lowest BCUT2D eigenvalue weighted by Crippen LogP contribution is -2.50. The Labute approximate surface area is 179 Å². The number of fused-ring (bicyclic) bond motifs is 2. The third-order valence-corrected chi connectivity index (χ3v) is 5.85. The minimum atomic E-state index is -0.448. The number of amides is 1. The normalized spacial score (nSPS) is 21.4. The highest BCUT2D eigenvalue weighted by molar-refractivity contribution is 5.69. The lowest BCUT2D eigenvalue weighted by Gasteiger charge is -2.35. The Kier molecular flexibility index (Phi) is 6.11. The van der Waals surface area contributed by atoms with Gasteiger partial charge in [0, 0.05) is 31.7 Å². The number of carbonyl (C=O) groups is 1. The van der Waals surface area contributed by atoms with Crippen molar-refractivity contribution in [2.75, 3.05) is 26.2 Å². The predicted octanol–water partition coefficient (Wildman–Crippen LogP) is 4.49. The van der Waals surface area contributed by atoms with Crippen LogP contribution in [0, 0.1) is 0 Å². The largest absolute Gasteiger partial charge is 0.444 e. The number of benzene rings is 2. The van der Waals surface area contributed by atoms with Gasteiger partial charge in [-0.05, 0) is 38.3 Å². The summed E-state index contributed by atoms with van der Waals surface area (Å²) in [5, 5.41) is 0. The molecule has 2 saturated heterocycles. The Bertz CT molecular complexity index is 795. The van der Waals surface area contributed by atoms with E-state index in [0.29, 0.717) is 12.6 Å². The molecule has 4 rings (SSSR count). The van der Waals surface area contributed by atoms with Gasteiger partial charge in [-0.25, -0.2) is 4.79 Å². The topological polar surface area (TPSA) is 42.0 Å². The zero-order chi connectivity index (χ0) is 21.1. The van der Waals surface area contributed by atoms with Gasteiger partial charge in [0.2, 0.25) is 0 Å². The van der Waals surface area contributed by atoms with Crippen LogP contribution >= 0.6 is 0 Å². The van der Waals surface area contributed by atoms with Crippen LogP contribution in [-0.4, -0.2) is 59.8 Å². The van der Waals surface area contributed by atoms with Crippen molar-refractivity contribution in [3.8, 4) is 0 Å². The Morgan fingerprint density at radius 2 is 1.57 bits per heavy atom. The highest BCUT2D eigenvalue weighted by Gasteiger charge is 2.46. The molecule has 2 heterocycles. The van der Waals surface area contributed by atoms with Crippen molar-refractivity contribution >= 4 is 6.09 Å². The number of nitrogens with zero attached hydrogens (tertiary/aromatic N) is 2. The molecule has 2 aromatic rings. The minimum absolute atomic E-state index is 0.0644. The van der Waals surface area contributed by atoms with Gasteiger partial charge in [0.15, 0.2) is 0 Å². The van der Waals surface area contributed by atoms with Crippen molar-refractivity contribution < 1.29 is 14.3 Å². The number of hydrogen-bond acceptors (Lipinski definition) is 4. The average molecular weight is 409 g/mol. The fourth-order valence-electron chi connectivity index (χ4n) is 4.50. The summed E-state index contributed by atoms with van der Waals surface area (Å²) in [5.74, 6) is 0. The van der Waals surface area contributed by atoms with E-state index in [-0.39, 0.29) is 18.2 Å². The van der Waals surface area contributed by atoms with Crippen molar-refractivity contribution in [1.29, 1.82) is 0 Å². The number of ether oxygens (including phenoxy) is 2. The summed E-state index contributed by atoms with van der Waals surface area (Å²) in [6, 6.07) is 21.4. The first-order valence-electron chi connectivity index (χ1n) is 10.9. The van der Waals surface area contributed by atoms with Gasteiger partial charge in [0.1, 0.15) is 11.7 Å². The molecule has 1 amide bonds. The van der Waals surface area contributed by atoms with Crippen molar-refractivity contribution in [2.45, 2.75) is 51.0 Å². The summed E-state index contributed by atoms with van der Waals surface area (Å²) >= 11 is 0. The van der Waals surface area contributed by atoms with E-state index in [2.05, 4.69) is 53.4 Å². The highest BCUT2D eigenvalue weighted by Crippen LogP contribution is 2.32. The Morgan fingerprint density at radius 3 is 2.07 bits per heavy atom. The van der Waals surface area contributed by atoms with Crippen LogP contribution in [0.15, 0.2) is 60.7 Å². The SMILES string of the molecule is CC(C)(C)OC(=O)N1C[C@@H]2C[C@H]1CN2CCOC(c1ccccc1)c1ccccc1. The zero-order valence-corrected chi connectivity index (χ0v) is 18.2. The van der Waals surface area contributed by atoms with Gasteiger partial charge in [-0.15, -0.1) is 0 Å². The summed E-state index contributed by atoms with van der Waals surface area (Å²) in [4.78, 5) is 16.8. The Balaban J connectivity index is 1.32. The molecule has 2 fully saturated rings. The van der Waals surface area contributed by atoms with E-state index in [4.69, 9.17) is 9.47 Å². The smallest absolute Gasteiger partial charge is 0.410 e. The molecular formula is C25H32N2O3. The quantitative estimate of drug-likeness (QED) is 0.706. The first-order valence-corrected chi connectivity index (χ1v) is 10.9. The molecule has 160 valence electrons. The number of hydrogen-bond donors (Lipinski definition) is 0. The van der Waals surface area contributed by atoms with Gasteiger partial charge >= 0.3 is 6.09 Å². The molecule has 0 N–H and O–H groups in total. The van der Waals surface area contributed by atoms with E-state index < -0.39 is 5.60 Å². The van der Waals surface area contributed by atoms with Crippen LogP contribution in [0.3, 0.4) is 0 Å². The van der Waals surface area contributed by atoms with Crippen molar-refractivity contribution in [1.82, 2.24) is 9.80 Å². The number of piperazine rings is 1. The van der Waals surface area contributed by atoms with E-state index in [1.807, 2.05) is 37.8 Å². The standard InChI is InChI=1S/C25H32N2O3/c1-25(2,3)30-24(28)27-18-21-16-22(27)17-26(21)14-15-29-23(19-10-6-4-7-11-19)20-12-8-5-9-13-20/h4-13,21-23H,14-18H2,1-3H3/t21-,22-/m0/s1. The van der Waals surface area contributed by atoms with Crippen LogP contribution in [-0.2, 0) is 9.47 Å². The minimum Gasteiger partial charge on any atom is -0.444 e. The summed E-state index contributed by atoms with van der Waals surface area (Å²) in [6.07, 6.45) is 0.782. The number of carbonyl (C=O) groups excluding carboxylic acids is 1. The zero-order valence-electron chi connectivity index (χ0n) is 18.2. The fourth-order valence-corrected chi connectivity index (χ4v) is 4.50. The van der Waals surface area contributed by atoms with Crippen molar-refractivity contribution in [2.24, 2.45) is 0 Å². The third kappa shape index (κ3) is 4.85. The molecule has 5 heteroatoms. The second-order valence-electron chi connectivity index (χ2n) is 9.24. The first-order chi connectivity index (χ1) is 14.4. The molecule has 2 aliphatic heterocycles. The highest BCUT2D eigenvalue weighted by atomic mass is 16.6. The Hall–Kier alpha value is -2.37. The van der Waals surface area contributed by atoms with E-state index in [9.17, 15) is 4.79 Å². The molecule has 2 aromatic carbocycles. The third-order valence-electron chi connectivity index (χ3n) is 5.85. The molecular weight excluding hydrogens is 376 g/mol. The lowest BCUT2D eigenvalue weighted by atomic mass is 10.0. The van der Waals surface area contributed by atoms with Crippen LogP contribution in [0.25, 0.3) is 0 Å². The molecule has 5 nitrogen and oxygen atoms in total. The van der Waals surface area contributed by atoms with Gasteiger partial charge in [-0.2, -0.15) is 0 Å². The van der Waals surface area contributed by atoms with Crippen LogP contribution in [0.1, 0.15) is 44.4 Å². The maximum atomic E-state index is 12.4. The maximum Gasteiger partial charge on any atom is 0.410 e. The molecule has 0 saturated carbocycles. The Morgan fingerprint density at radius 1 is 0.967 bits per heavy atom. The number of likely N-dealkylation sites (tertiary alicyclic amines) is 2. The van der Waals surface area contributed by atoms with E-state index in [1.54, 1.807) is 0 Å². The predicted molar refractivity (Wildman–Crippen MR) is 117 cm³/mol. The van der Waals surface area contributed by atoms with Crippen molar-refractivity contribution in [3.05, 3.63) is 71.8 Å². The summed E-state index contributed by atoms with van der Waals surface area (Å²) < 4.78 is 11.9. The maximum absolute atomic E-state index is 12.4. The molecule has 30 heavy (non-hydrogen) atoms. The van der Waals surface area contributed by atoms with Crippen LogP contribution in [0.4, 0.5) is 4.79 Å². The number of rotatable bonds is 6. The van der Waals surface area contributed by atoms with Crippen LogP contribution in [0.5, 0.6) is 0 Å². The van der Waals surface area contributed by atoms with Gasteiger partial charge in [0.25, 0.3) is 0 Å². The average Bonchev–Trinajstić information content (AvgIpc) is 3.32. The lowest BCUT2D eigenvalue weighted by molar-refractivity contribution is 0.00764. The molecule has 0 spiro atoms. The van der Waals surface area contributed by atoms with Gasteiger partial charge in [0.05, 0.1) is 6.61 Å². The van der Waals surface area contributed by atoms with Crippen LogP contribution < -0.4 is 0 Å². The van der Waals surface area contributed by atoms with Crippen LogP contribution in [0.2, 0.25) is 0 Å². The molecule has 0 aromatic heterocycles. The monoisotopic (exact) mass is 408 g/mol. The molecule has 2 aliphatic rings. The summed E-state index contributed by atoms with van der Waals surface area (Å²) in [5.41, 5.74) is 1.89. The van der Waals surface area contributed by atoms with Gasteiger partial charge in [-0.3, -0.25) is 4.90 Å². The van der Waals surface area contributed by atoms with E-state index in [1.165, 1.54) is 11.1 Å². The summed E-state index contributed by atoms with van der Waals surface area (Å²) in [7, 11) is 0. The molecule has 2 atom stereocenters. The van der Waals surface area contributed by atoms with Crippen molar-refractivity contribution in [3.63, 3.8) is 0 Å². The molecule has 0 aliphatic carbocycles. The van der Waals surface area contributed by atoms with Gasteiger partial charge < -0.3 is 14.4 Å². The second kappa shape index (κ2) is 8.78. The van der Waals surface area contributed by atoms with Gasteiger partial charge in [-0.1, -0.05) is 60.7 Å². The molecule has 0 radical (unpaired) electrons. The second-order valence-corrected chi connectivity index (χ2v) is 9.24. The molecule has 0 unspecified atom stereocenters. The fraction of sp³-hybridized carbons (Fsp3) is 0.480. The van der Waals surface area contributed by atoms with E-state index >= 15 is 0 Å². The summed E-state index contributed by atoms with van der Waals surface area (Å²) in [6.45, 7) is 8.93. The van der Waals surface area contributed by atoms with E-state index in [0.717, 1.165) is 26.1 Å². The first kappa shape index (κ1) is 20.9. The molecule has 2 bridgehead atoms.